The largest absolute Gasteiger partial charge is 0.356 e. The van der Waals surface area contributed by atoms with Crippen LogP contribution in [-0.4, -0.2) is 30.2 Å². The molecule has 0 N–H and O–H groups in total. The van der Waals surface area contributed by atoms with Crippen LogP contribution in [0, 0.1) is 5.92 Å². The van der Waals surface area contributed by atoms with Crippen LogP contribution in [0.5, 0.6) is 0 Å². The summed E-state index contributed by atoms with van der Waals surface area (Å²) in [4.78, 5) is 13.3. The Morgan fingerprint density at radius 3 is 3.18 bits per heavy atom. The van der Waals surface area contributed by atoms with Crippen molar-refractivity contribution in [1.82, 2.24) is 4.90 Å². The molecule has 0 bridgehead atoms. The van der Waals surface area contributed by atoms with Gasteiger partial charge in [-0.3, -0.25) is 4.79 Å². The quantitative estimate of drug-likeness (QED) is 0.512. The minimum absolute atomic E-state index is 0.110. The van der Waals surface area contributed by atoms with E-state index in [0.29, 0.717) is 0 Å². The first-order valence-electron chi connectivity index (χ1n) is 4.21. The van der Waals surface area contributed by atoms with E-state index >= 15 is 0 Å². The third-order valence-electron chi connectivity index (χ3n) is 2.54. The number of hydrogen-bond donors (Lipinski definition) is 0. The Kier molecular flexibility index (Phi) is 1.60. The van der Waals surface area contributed by atoms with Gasteiger partial charge in [0.2, 0.25) is 5.91 Å². The Bertz CT molecular complexity index is 181. The van der Waals surface area contributed by atoms with E-state index < -0.39 is 0 Å². The van der Waals surface area contributed by atoms with Gasteiger partial charge in [0.15, 0.2) is 0 Å². The normalized spacial score (nSPS) is 37.5. The molecule has 62 valence electrons. The molecule has 0 saturated carbocycles. The average molecular weight is 155 g/mol. The molecular formula is C8H13NO2. The number of carbonyl (C=O) groups is 1. The second-order valence-corrected chi connectivity index (χ2v) is 3.34. The van der Waals surface area contributed by atoms with Gasteiger partial charge in [-0.25, -0.2) is 0 Å². The molecule has 0 aromatic heterocycles. The number of rotatable bonds is 0. The first-order valence-corrected chi connectivity index (χ1v) is 4.21. The second kappa shape index (κ2) is 2.48. The molecule has 0 aromatic carbocycles. The molecule has 2 aliphatic rings. The molecule has 0 spiro atoms. The molecule has 2 fully saturated rings. The number of carbonyl (C=O) groups excluding carboxylic acids is 1. The van der Waals surface area contributed by atoms with Gasteiger partial charge in [-0.15, -0.1) is 0 Å². The van der Waals surface area contributed by atoms with E-state index in [4.69, 9.17) is 4.74 Å². The van der Waals surface area contributed by atoms with Crippen molar-refractivity contribution in [1.29, 1.82) is 0 Å². The molecule has 2 aliphatic heterocycles. The number of ether oxygens (including phenoxy) is 1. The van der Waals surface area contributed by atoms with Crippen LogP contribution in [0.3, 0.4) is 0 Å². The maximum atomic E-state index is 11.5. The maximum Gasteiger partial charge on any atom is 0.227 e. The van der Waals surface area contributed by atoms with Crippen molar-refractivity contribution in [3.05, 3.63) is 0 Å². The molecule has 2 saturated heterocycles. The first-order chi connectivity index (χ1) is 5.29. The van der Waals surface area contributed by atoms with E-state index in [1.807, 2.05) is 11.8 Å². The first kappa shape index (κ1) is 7.10. The van der Waals surface area contributed by atoms with Crippen molar-refractivity contribution in [3.63, 3.8) is 0 Å². The Labute approximate surface area is 66.3 Å². The Balaban J connectivity index is 2.12. The lowest BCUT2D eigenvalue weighted by Crippen LogP contribution is -2.43. The smallest absolute Gasteiger partial charge is 0.227 e. The van der Waals surface area contributed by atoms with Crippen LogP contribution in [0.4, 0.5) is 0 Å². The molecule has 0 radical (unpaired) electrons. The zero-order valence-corrected chi connectivity index (χ0v) is 6.75. The Morgan fingerprint density at radius 1 is 1.55 bits per heavy atom. The lowest BCUT2D eigenvalue weighted by atomic mass is 9.98. The standard InChI is InChI=1S/C8H13NO2/c1-6-2-3-7-9(8(6)10)4-5-11-7/h6-7H,2-5H2,1H3/t6-,7-/m0/s1. The van der Waals surface area contributed by atoms with Gasteiger partial charge in [-0.2, -0.15) is 0 Å². The third kappa shape index (κ3) is 1.03. The van der Waals surface area contributed by atoms with Gasteiger partial charge >= 0.3 is 0 Å². The van der Waals surface area contributed by atoms with Gasteiger partial charge in [-0.05, 0) is 12.8 Å². The van der Waals surface area contributed by atoms with Crippen molar-refractivity contribution in [2.24, 2.45) is 5.92 Å². The third-order valence-corrected chi connectivity index (χ3v) is 2.54. The van der Waals surface area contributed by atoms with Crippen molar-refractivity contribution in [3.8, 4) is 0 Å². The topological polar surface area (TPSA) is 29.5 Å². The molecule has 2 atom stereocenters. The maximum absolute atomic E-state index is 11.5. The van der Waals surface area contributed by atoms with E-state index in [2.05, 4.69) is 0 Å². The fraction of sp³-hybridized carbons (Fsp3) is 0.875. The fourth-order valence-electron chi connectivity index (χ4n) is 1.81. The van der Waals surface area contributed by atoms with Gasteiger partial charge in [0.25, 0.3) is 0 Å². The number of hydrogen-bond acceptors (Lipinski definition) is 2. The number of amides is 1. The second-order valence-electron chi connectivity index (χ2n) is 3.34. The summed E-state index contributed by atoms with van der Waals surface area (Å²) < 4.78 is 5.38. The molecule has 2 heterocycles. The van der Waals surface area contributed by atoms with Crippen molar-refractivity contribution < 1.29 is 9.53 Å². The van der Waals surface area contributed by atoms with Crippen LogP contribution in [0.1, 0.15) is 19.8 Å². The Morgan fingerprint density at radius 2 is 2.36 bits per heavy atom. The SMILES string of the molecule is C[C@H]1CC[C@@H]2OCCN2C1=O. The zero-order chi connectivity index (χ0) is 7.84. The van der Waals surface area contributed by atoms with Crippen LogP contribution in [0.25, 0.3) is 0 Å². The monoisotopic (exact) mass is 155 g/mol. The summed E-state index contributed by atoms with van der Waals surface area (Å²) in [5.41, 5.74) is 0. The van der Waals surface area contributed by atoms with E-state index in [1.165, 1.54) is 0 Å². The van der Waals surface area contributed by atoms with E-state index in [0.717, 1.165) is 26.0 Å². The molecule has 0 aromatic rings. The summed E-state index contributed by atoms with van der Waals surface area (Å²) in [5.74, 6) is 0.492. The van der Waals surface area contributed by atoms with Crippen molar-refractivity contribution >= 4 is 5.91 Å². The van der Waals surface area contributed by atoms with E-state index in [-0.39, 0.29) is 18.1 Å². The lowest BCUT2D eigenvalue weighted by Gasteiger charge is -2.31. The molecule has 3 heteroatoms. The van der Waals surface area contributed by atoms with Crippen LogP contribution < -0.4 is 0 Å². The molecule has 2 rings (SSSR count). The predicted molar refractivity (Wildman–Crippen MR) is 39.9 cm³/mol. The molecule has 0 aliphatic carbocycles. The highest BCUT2D eigenvalue weighted by atomic mass is 16.5. The Hall–Kier alpha value is -0.570. The summed E-state index contributed by atoms with van der Waals surface area (Å²) in [6, 6.07) is 0. The highest BCUT2D eigenvalue weighted by Gasteiger charge is 2.36. The van der Waals surface area contributed by atoms with Crippen LogP contribution in [0.2, 0.25) is 0 Å². The summed E-state index contributed by atoms with van der Waals surface area (Å²) in [5, 5.41) is 0. The van der Waals surface area contributed by atoms with Crippen LogP contribution in [-0.2, 0) is 9.53 Å². The van der Waals surface area contributed by atoms with Gasteiger partial charge in [0, 0.05) is 12.5 Å². The minimum Gasteiger partial charge on any atom is -0.356 e. The van der Waals surface area contributed by atoms with Gasteiger partial charge in [-0.1, -0.05) is 6.92 Å². The molecule has 0 unspecified atom stereocenters. The average Bonchev–Trinajstić information content (AvgIpc) is 2.45. The van der Waals surface area contributed by atoms with Crippen LogP contribution in [0.15, 0.2) is 0 Å². The summed E-state index contributed by atoms with van der Waals surface area (Å²) in [6.45, 7) is 3.52. The highest BCUT2D eigenvalue weighted by Crippen LogP contribution is 2.26. The van der Waals surface area contributed by atoms with E-state index in [1.54, 1.807) is 0 Å². The van der Waals surface area contributed by atoms with E-state index in [9.17, 15) is 4.79 Å². The van der Waals surface area contributed by atoms with Gasteiger partial charge in [0.05, 0.1) is 6.61 Å². The summed E-state index contributed by atoms with van der Waals surface area (Å²) >= 11 is 0. The van der Waals surface area contributed by atoms with Gasteiger partial charge in [0.1, 0.15) is 6.23 Å². The predicted octanol–water partition coefficient (Wildman–Crippen LogP) is 0.601. The molecular weight excluding hydrogens is 142 g/mol. The lowest BCUT2D eigenvalue weighted by molar-refractivity contribution is -0.145. The summed E-state index contributed by atoms with van der Waals surface area (Å²) in [6.07, 6.45) is 2.12. The van der Waals surface area contributed by atoms with Gasteiger partial charge < -0.3 is 9.64 Å². The van der Waals surface area contributed by atoms with Crippen molar-refractivity contribution in [2.45, 2.75) is 26.0 Å². The summed E-state index contributed by atoms with van der Waals surface area (Å²) in [7, 11) is 0. The molecule has 11 heavy (non-hydrogen) atoms. The molecule has 1 amide bonds. The molecule has 3 nitrogen and oxygen atoms in total. The van der Waals surface area contributed by atoms with Crippen LogP contribution >= 0.6 is 0 Å². The minimum atomic E-state index is 0.110. The number of fused-ring (bicyclic) bond motifs is 1. The number of nitrogens with zero attached hydrogens (tertiary/aromatic N) is 1. The highest BCUT2D eigenvalue weighted by molar-refractivity contribution is 5.79. The van der Waals surface area contributed by atoms with Crippen molar-refractivity contribution in [2.75, 3.05) is 13.2 Å². The fourth-order valence-corrected chi connectivity index (χ4v) is 1.81. The number of piperidine rings is 1. The zero-order valence-electron chi connectivity index (χ0n) is 6.75.